The van der Waals surface area contributed by atoms with Gasteiger partial charge in [-0.15, -0.1) is 0 Å². The molecule has 0 unspecified atom stereocenters. The lowest BCUT2D eigenvalue weighted by atomic mass is 10.2. The van der Waals surface area contributed by atoms with Crippen LogP contribution >= 0.6 is 11.6 Å². The zero-order valence-electron chi connectivity index (χ0n) is 10.4. The van der Waals surface area contributed by atoms with Gasteiger partial charge in [0.1, 0.15) is 0 Å². The molecule has 1 aromatic rings. The summed E-state index contributed by atoms with van der Waals surface area (Å²) in [7, 11) is 0. The Bertz CT molecular complexity index is 320. The van der Waals surface area contributed by atoms with Crippen molar-refractivity contribution in [3.63, 3.8) is 0 Å². The predicted molar refractivity (Wildman–Crippen MR) is 72.6 cm³/mol. The Morgan fingerprint density at radius 3 is 2.38 bits per heavy atom. The monoisotopic (exact) mass is 240 g/mol. The number of halogens is 1. The lowest BCUT2D eigenvalue weighted by Crippen LogP contribution is -2.43. The van der Waals surface area contributed by atoms with E-state index in [1.165, 1.54) is 5.69 Å². The summed E-state index contributed by atoms with van der Waals surface area (Å²) in [5, 5.41) is 4.19. The highest BCUT2D eigenvalue weighted by Crippen LogP contribution is 2.22. The van der Waals surface area contributed by atoms with Crippen LogP contribution in [0, 0.1) is 6.92 Å². The molecule has 2 rings (SSSR count). The Hall–Kier alpha value is -0.730. The number of aryl methyl sites for hydroxylation is 1. The van der Waals surface area contributed by atoms with Crippen LogP contribution in [-0.2, 0) is 0 Å². The highest BCUT2D eigenvalue weighted by Gasteiger charge is 2.10. The first-order valence-electron chi connectivity index (χ1n) is 5.99. The summed E-state index contributed by atoms with van der Waals surface area (Å²) in [4.78, 5) is 2.39. The molecule has 1 aliphatic heterocycles. The largest absolute Gasteiger partial charge is 0.369 e. The molecule has 1 N–H and O–H groups in total. The summed E-state index contributed by atoms with van der Waals surface area (Å²) >= 11 is 5.99. The van der Waals surface area contributed by atoms with Crippen LogP contribution in [0.5, 0.6) is 0 Å². The number of nitrogens with zero attached hydrogens (tertiary/aromatic N) is 1. The number of anilines is 1. The van der Waals surface area contributed by atoms with E-state index in [0.717, 1.165) is 36.8 Å². The molecule has 1 heterocycles. The third kappa shape index (κ3) is 3.39. The fourth-order valence-electron chi connectivity index (χ4n) is 1.75. The average molecular weight is 241 g/mol. The van der Waals surface area contributed by atoms with Crippen LogP contribution in [0.1, 0.15) is 19.4 Å². The Morgan fingerprint density at radius 2 is 1.81 bits per heavy atom. The normalized spacial score (nSPS) is 15.4. The van der Waals surface area contributed by atoms with Crippen LogP contribution in [0.4, 0.5) is 5.69 Å². The van der Waals surface area contributed by atoms with Crippen LogP contribution in [0.25, 0.3) is 0 Å². The van der Waals surface area contributed by atoms with Gasteiger partial charge >= 0.3 is 0 Å². The van der Waals surface area contributed by atoms with Crippen LogP contribution in [0.3, 0.4) is 0 Å². The maximum absolute atomic E-state index is 5.99. The maximum Gasteiger partial charge on any atom is 0.0436 e. The van der Waals surface area contributed by atoms with Gasteiger partial charge in [0.05, 0.1) is 0 Å². The number of rotatable bonds is 1. The van der Waals surface area contributed by atoms with E-state index in [9.17, 15) is 0 Å². The molecule has 3 heteroatoms. The molecule has 0 aromatic heterocycles. The molecule has 0 spiro atoms. The standard InChI is InChI=1S/C11H15ClN2.C2H6/c1-9-8-10(2-3-11(9)12)14-6-4-13-5-7-14;1-2/h2-3,8,13H,4-7H2,1H3;1-2H3. The van der Waals surface area contributed by atoms with E-state index < -0.39 is 0 Å². The van der Waals surface area contributed by atoms with E-state index in [0.29, 0.717) is 0 Å². The smallest absolute Gasteiger partial charge is 0.0436 e. The summed E-state index contributed by atoms with van der Waals surface area (Å²) < 4.78 is 0. The molecule has 2 nitrogen and oxygen atoms in total. The minimum atomic E-state index is 0.851. The molecule has 1 saturated heterocycles. The van der Waals surface area contributed by atoms with Gasteiger partial charge < -0.3 is 10.2 Å². The minimum Gasteiger partial charge on any atom is -0.369 e. The summed E-state index contributed by atoms with van der Waals surface area (Å²) in [5.74, 6) is 0. The van der Waals surface area contributed by atoms with Crippen LogP contribution in [0.2, 0.25) is 5.02 Å². The van der Waals surface area contributed by atoms with Crippen molar-refractivity contribution < 1.29 is 0 Å². The van der Waals surface area contributed by atoms with Crippen molar-refractivity contribution >= 4 is 17.3 Å². The second-order valence-corrected chi connectivity index (χ2v) is 4.08. The van der Waals surface area contributed by atoms with Crippen LogP contribution < -0.4 is 10.2 Å². The first kappa shape index (κ1) is 13.3. The molecule has 0 bridgehead atoms. The summed E-state index contributed by atoms with van der Waals surface area (Å²) in [6.07, 6.45) is 0. The molecule has 0 amide bonds. The first-order valence-corrected chi connectivity index (χ1v) is 6.37. The van der Waals surface area contributed by atoms with Crippen molar-refractivity contribution in [1.82, 2.24) is 5.32 Å². The van der Waals surface area contributed by atoms with Crippen molar-refractivity contribution in [2.75, 3.05) is 31.1 Å². The van der Waals surface area contributed by atoms with Crippen molar-refractivity contribution in [1.29, 1.82) is 0 Å². The molecule has 16 heavy (non-hydrogen) atoms. The highest BCUT2D eigenvalue weighted by molar-refractivity contribution is 6.31. The number of hydrogen-bond donors (Lipinski definition) is 1. The van der Waals surface area contributed by atoms with Gasteiger partial charge in [-0.25, -0.2) is 0 Å². The predicted octanol–water partition coefficient (Wildman–Crippen LogP) is 3.08. The lowest BCUT2D eigenvalue weighted by Gasteiger charge is -2.29. The van der Waals surface area contributed by atoms with E-state index in [4.69, 9.17) is 11.6 Å². The quantitative estimate of drug-likeness (QED) is 0.812. The number of hydrogen-bond acceptors (Lipinski definition) is 2. The van der Waals surface area contributed by atoms with Gasteiger partial charge in [0.25, 0.3) is 0 Å². The van der Waals surface area contributed by atoms with Crippen molar-refractivity contribution in [3.8, 4) is 0 Å². The third-order valence-corrected chi connectivity index (χ3v) is 3.05. The SMILES string of the molecule is CC.Cc1cc(N2CCNCC2)ccc1Cl. The summed E-state index contributed by atoms with van der Waals surface area (Å²) in [5.41, 5.74) is 2.44. The second kappa shape index (κ2) is 6.77. The molecule has 1 aliphatic rings. The van der Waals surface area contributed by atoms with Crippen LogP contribution in [-0.4, -0.2) is 26.2 Å². The van der Waals surface area contributed by atoms with Gasteiger partial charge in [-0.1, -0.05) is 25.4 Å². The van der Waals surface area contributed by atoms with Gasteiger partial charge in [-0.05, 0) is 30.7 Å². The number of piperazine rings is 1. The van der Waals surface area contributed by atoms with E-state index in [1.54, 1.807) is 0 Å². The maximum atomic E-state index is 5.99. The van der Waals surface area contributed by atoms with E-state index in [1.807, 2.05) is 26.8 Å². The highest BCUT2D eigenvalue weighted by atomic mass is 35.5. The number of benzene rings is 1. The van der Waals surface area contributed by atoms with Crippen molar-refractivity contribution in [2.45, 2.75) is 20.8 Å². The molecule has 1 aromatic carbocycles. The average Bonchev–Trinajstić information content (AvgIpc) is 2.36. The summed E-state index contributed by atoms with van der Waals surface area (Å²) in [6, 6.07) is 6.24. The van der Waals surface area contributed by atoms with Crippen molar-refractivity contribution in [2.24, 2.45) is 0 Å². The van der Waals surface area contributed by atoms with E-state index >= 15 is 0 Å². The fourth-order valence-corrected chi connectivity index (χ4v) is 1.87. The Kier molecular flexibility index (Phi) is 5.64. The molecule has 0 aliphatic carbocycles. The fraction of sp³-hybridized carbons (Fsp3) is 0.538. The zero-order chi connectivity index (χ0) is 12.0. The molecular weight excluding hydrogens is 220 g/mol. The van der Waals surface area contributed by atoms with Gasteiger partial charge in [0, 0.05) is 36.9 Å². The zero-order valence-corrected chi connectivity index (χ0v) is 11.1. The second-order valence-electron chi connectivity index (χ2n) is 3.67. The molecule has 0 radical (unpaired) electrons. The molecule has 90 valence electrons. The van der Waals surface area contributed by atoms with Crippen molar-refractivity contribution in [3.05, 3.63) is 28.8 Å². The third-order valence-electron chi connectivity index (χ3n) is 2.62. The molecule has 0 atom stereocenters. The summed E-state index contributed by atoms with van der Waals surface area (Å²) in [6.45, 7) is 10.4. The molecule has 0 saturated carbocycles. The number of nitrogens with one attached hydrogen (secondary N) is 1. The Balaban J connectivity index is 0.000000606. The minimum absolute atomic E-state index is 0.851. The van der Waals surface area contributed by atoms with Gasteiger partial charge in [0.15, 0.2) is 0 Å². The molecule has 1 fully saturated rings. The topological polar surface area (TPSA) is 15.3 Å². The first-order chi connectivity index (χ1) is 7.77. The van der Waals surface area contributed by atoms with Gasteiger partial charge in [-0.3, -0.25) is 0 Å². The van der Waals surface area contributed by atoms with E-state index in [2.05, 4.69) is 22.3 Å². The van der Waals surface area contributed by atoms with Crippen LogP contribution in [0.15, 0.2) is 18.2 Å². The Labute approximate surface area is 104 Å². The van der Waals surface area contributed by atoms with E-state index in [-0.39, 0.29) is 0 Å². The Morgan fingerprint density at radius 1 is 1.19 bits per heavy atom. The lowest BCUT2D eigenvalue weighted by molar-refractivity contribution is 0.589. The van der Waals surface area contributed by atoms with Gasteiger partial charge in [-0.2, -0.15) is 0 Å². The molecular formula is C13H21ClN2. The van der Waals surface area contributed by atoms with Gasteiger partial charge in [0.2, 0.25) is 0 Å².